The Morgan fingerprint density at radius 2 is 0.953 bits per heavy atom. The Morgan fingerprint density at radius 1 is 0.558 bits per heavy atom. The van der Waals surface area contributed by atoms with E-state index in [-0.39, 0.29) is 12.1 Å². The molecule has 220 valence electrons. The normalized spacial score (nSPS) is 12.2. The molecular weight excluding hydrogens is 540 g/mol. The number of hydrogen-bond acceptors (Lipinski definition) is 6. The predicted octanol–water partition coefficient (Wildman–Crippen LogP) is 7.45. The molecule has 4 aromatic rings. The molecule has 43 heavy (non-hydrogen) atoms. The third-order valence-corrected chi connectivity index (χ3v) is 6.43. The van der Waals surface area contributed by atoms with E-state index in [1.54, 1.807) is 0 Å². The van der Waals surface area contributed by atoms with Gasteiger partial charge >= 0.3 is 17.9 Å². The van der Waals surface area contributed by atoms with Crippen molar-refractivity contribution in [2.75, 3.05) is 14.2 Å². The zero-order valence-corrected chi connectivity index (χ0v) is 24.5. The zero-order chi connectivity index (χ0) is 30.9. The molecule has 2 unspecified atom stereocenters. The van der Waals surface area contributed by atoms with Crippen LogP contribution in [0.3, 0.4) is 0 Å². The number of allylic oxidation sites excluding steroid dienone is 1. The topological polar surface area (TPSA) is 78.9 Å². The minimum Gasteiger partial charge on any atom is -0.468 e. The molecule has 0 heterocycles. The van der Waals surface area contributed by atoms with Crippen LogP contribution < -0.4 is 0 Å². The first-order valence-electron chi connectivity index (χ1n) is 13.8. The highest BCUT2D eigenvalue weighted by Crippen LogP contribution is 2.29. The van der Waals surface area contributed by atoms with E-state index in [0.717, 1.165) is 22.3 Å². The number of esters is 3. The maximum atomic E-state index is 12.2. The summed E-state index contributed by atoms with van der Waals surface area (Å²) in [4.78, 5) is 35.5. The quantitative estimate of drug-likeness (QED) is 0.111. The fourth-order valence-electron chi connectivity index (χ4n) is 4.31. The standard InChI is InChI=1S/C20H20O4.C17H16O2/c1-23-19(21)18(20(22)24-2)17(16-11-7-4-8-12-16)14-13-15-9-5-3-6-10-15;1-14(18)19-17(16-10-6-3-7-11-16)13-12-15-8-4-2-5-9-15/h3-14,17-18H,1-2H3;2-13,17H,1H3/b14-13+;13-12+. The van der Waals surface area contributed by atoms with Crippen LogP contribution in [0.15, 0.2) is 133 Å². The van der Waals surface area contributed by atoms with Gasteiger partial charge in [-0.25, -0.2) is 0 Å². The summed E-state index contributed by atoms with van der Waals surface area (Å²) in [6.07, 6.45) is 7.23. The van der Waals surface area contributed by atoms with Gasteiger partial charge in [-0.1, -0.05) is 140 Å². The lowest BCUT2D eigenvalue weighted by atomic mass is 9.85. The molecule has 4 rings (SSSR count). The number of hydrogen-bond donors (Lipinski definition) is 0. The molecule has 0 amide bonds. The largest absolute Gasteiger partial charge is 0.468 e. The monoisotopic (exact) mass is 576 g/mol. The Balaban J connectivity index is 0.000000242. The average Bonchev–Trinajstić information content (AvgIpc) is 3.06. The lowest BCUT2D eigenvalue weighted by molar-refractivity contribution is -0.159. The van der Waals surface area contributed by atoms with E-state index in [2.05, 4.69) is 0 Å². The van der Waals surface area contributed by atoms with Gasteiger partial charge in [-0.05, 0) is 28.3 Å². The molecule has 0 N–H and O–H groups in total. The molecule has 0 aliphatic carbocycles. The van der Waals surface area contributed by atoms with Crippen molar-refractivity contribution in [3.8, 4) is 0 Å². The van der Waals surface area contributed by atoms with E-state index in [0.29, 0.717) is 0 Å². The van der Waals surface area contributed by atoms with Crippen molar-refractivity contribution in [1.82, 2.24) is 0 Å². The molecule has 0 fully saturated rings. The molecule has 2 atom stereocenters. The average molecular weight is 577 g/mol. The smallest absolute Gasteiger partial charge is 0.321 e. The van der Waals surface area contributed by atoms with Crippen LogP contribution >= 0.6 is 0 Å². The summed E-state index contributed by atoms with van der Waals surface area (Å²) in [6.45, 7) is 1.42. The second kappa shape index (κ2) is 17.6. The maximum absolute atomic E-state index is 12.2. The Bertz CT molecular complexity index is 1450. The van der Waals surface area contributed by atoms with E-state index in [1.165, 1.54) is 21.1 Å². The Labute approximate surface area is 253 Å². The van der Waals surface area contributed by atoms with Gasteiger partial charge in [0, 0.05) is 12.8 Å². The highest BCUT2D eigenvalue weighted by molar-refractivity contribution is 5.96. The molecule has 0 radical (unpaired) electrons. The first-order valence-corrected chi connectivity index (χ1v) is 13.8. The van der Waals surface area contributed by atoms with Gasteiger partial charge < -0.3 is 14.2 Å². The minimum atomic E-state index is -1.05. The first-order chi connectivity index (χ1) is 20.9. The molecular formula is C37H36O6. The molecule has 6 heteroatoms. The maximum Gasteiger partial charge on any atom is 0.321 e. The van der Waals surface area contributed by atoms with Crippen molar-refractivity contribution < 1.29 is 28.6 Å². The van der Waals surface area contributed by atoms with Crippen LogP contribution in [0, 0.1) is 5.92 Å². The van der Waals surface area contributed by atoms with Crippen molar-refractivity contribution in [2.45, 2.75) is 18.9 Å². The number of methoxy groups -OCH3 is 2. The molecule has 0 saturated heterocycles. The molecule has 0 aromatic heterocycles. The summed E-state index contributed by atoms with van der Waals surface area (Å²) < 4.78 is 15.0. The lowest BCUT2D eigenvalue weighted by Crippen LogP contribution is -2.31. The van der Waals surface area contributed by atoms with Crippen molar-refractivity contribution in [3.63, 3.8) is 0 Å². The molecule has 0 aliphatic rings. The second-order valence-electron chi connectivity index (χ2n) is 9.44. The van der Waals surface area contributed by atoms with Crippen molar-refractivity contribution in [2.24, 2.45) is 5.92 Å². The fourth-order valence-corrected chi connectivity index (χ4v) is 4.31. The van der Waals surface area contributed by atoms with Crippen LogP contribution in [0.2, 0.25) is 0 Å². The van der Waals surface area contributed by atoms with Crippen LogP contribution in [0.25, 0.3) is 12.2 Å². The Kier molecular flexibility index (Phi) is 13.2. The van der Waals surface area contributed by atoms with Gasteiger partial charge in [0.05, 0.1) is 14.2 Å². The van der Waals surface area contributed by atoms with Crippen LogP contribution in [0.4, 0.5) is 0 Å². The molecule has 4 aromatic carbocycles. The second-order valence-corrected chi connectivity index (χ2v) is 9.44. The van der Waals surface area contributed by atoms with Crippen LogP contribution in [0.1, 0.15) is 41.2 Å². The molecule has 0 spiro atoms. The number of benzene rings is 4. The van der Waals surface area contributed by atoms with Crippen molar-refractivity contribution in [3.05, 3.63) is 156 Å². The number of carbonyl (C=O) groups excluding carboxylic acids is 3. The zero-order valence-electron chi connectivity index (χ0n) is 24.5. The molecule has 0 saturated carbocycles. The Hall–Kier alpha value is -5.23. The van der Waals surface area contributed by atoms with E-state index in [4.69, 9.17) is 14.2 Å². The van der Waals surface area contributed by atoms with Crippen LogP contribution in [-0.2, 0) is 28.6 Å². The fraction of sp³-hybridized carbons (Fsp3) is 0.162. The third-order valence-electron chi connectivity index (χ3n) is 6.43. The van der Waals surface area contributed by atoms with Gasteiger partial charge in [-0.3, -0.25) is 14.4 Å². The van der Waals surface area contributed by atoms with Gasteiger partial charge in [0.2, 0.25) is 0 Å². The van der Waals surface area contributed by atoms with Crippen molar-refractivity contribution in [1.29, 1.82) is 0 Å². The number of rotatable bonds is 10. The number of carbonyl (C=O) groups is 3. The summed E-state index contributed by atoms with van der Waals surface area (Å²) in [5.74, 6) is -3.05. The van der Waals surface area contributed by atoms with E-state index >= 15 is 0 Å². The minimum absolute atomic E-state index is 0.286. The molecule has 0 bridgehead atoms. The van der Waals surface area contributed by atoms with Gasteiger partial charge in [0.25, 0.3) is 0 Å². The van der Waals surface area contributed by atoms with Gasteiger partial charge in [-0.15, -0.1) is 0 Å². The van der Waals surface area contributed by atoms with Crippen molar-refractivity contribution >= 4 is 30.1 Å². The first kappa shape index (κ1) is 32.3. The van der Waals surface area contributed by atoms with Gasteiger partial charge in [-0.2, -0.15) is 0 Å². The summed E-state index contributed by atoms with van der Waals surface area (Å²) in [7, 11) is 2.53. The Morgan fingerprint density at radius 3 is 1.37 bits per heavy atom. The predicted molar refractivity (Wildman–Crippen MR) is 169 cm³/mol. The van der Waals surface area contributed by atoms with Gasteiger partial charge in [0.1, 0.15) is 6.10 Å². The van der Waals surface area contributed by atoms with Crippen LogP contribution in [0.5, 0.6) is 0 Å². The van der Waals surface area contributed by atoms with E-state index in [1.807, 2.05) is 146 Å². The van der Waals surface area contributed by atoms with E-state index in [9.17, 15) is 14.4 Å². The summed E-state index contributed by atoms with van der Waals surface area (Å²) in [5.41, 5.74) is 3.86. The SMILES string of the molecule is CC(=O)OC(/C=C/c1ccccc1)c1ccccc1.COC(=O)C(C(=O)OC)C(/C=C/c1ccccc1)c1ccccc1. The molecule has 0 aliphatic heterocycles. The summed E-state index contributed by atoms with van der Waals surface area (Å²) in [6, 6.07) is 38.7. The molecule has 6 nitrogen and oxygen atoms in total. The highest BCUT2D eigenvalue weighted by Gasteiger charge is 2.36. The number of ether oxygens (including phenoxy) is 3. The van der Waals surface area contributed by atoms with E-state index < -0.39 is 23.8 Å². The highest BCUT2D eigenvalue weighted by atomic mass is 16.5. The third kappa shape index (κ3) is 10.6. The summed E-state index contributed by atoms with van der Waals surface area (Å²) in [5, 5.41) is 0. The van der Waals surface area contributed by atoms with Crippen LogP contribution in [-0.4, -0.2) is 32.1 Å². The lowest BCUT2D eigenvalue weighted by Gasteiger charge is -2.21. The summed E-state index contributed by atoms with van der Waals surface area (Å²) >= 11 is 0. The van der Waals surface area contributed by atoms with Gasteiger partial charge in [0.15, 0.2) is 5.92 Å².